The van der Waals surface area contributed by atoms with Gasteiger partial charge in [-0.3, -0.25) is 14.3 Å². The molecule has 0 amide bonds. The normalized spacial score (nSPS) is 16.9. The second-order valence-corrected chi connectivity index (χ2v) is 7.15. The number of rotatable bonds is 2. The van der Waals surface area contributed by atoms with Gasteiger partial charge >= 0.3 is 0 Å². The van der Waals surface area contributed by atoms with Gasteiger partial charge in [0.15, 0.2) is 11.5 Å². The first kappa shape index (κ1) is 17.1. The highest BCUT2D eigenvalue weighted by molar-refractivity contribution is 5.47. The Morgan fingerprint density at radius 3 is 2.54 bits per heavy atom. The van der Waals surface area contributed by atoms with E-state index in [1.54, 1.807) is 11.6 Å². The van der Waals surface area contributed by atoms with E-state index >= 15 is 0 Å². The van der Waals surface area contributed by atoms with Crippen LogP contribution >= 0.6 is 0 Å². The van der Waals surface area contributed by atoms with E-state index in [0.29, 0.717) is 13.2 Å². The maximum absolute atomic E-state index is 12.5. The van der Waals surface area contributed by atoms with E-state index in [2.05, 4.69) is 28.9 Å². The van der Waals surface area contributed by atoms with Crippen LogP contribution < -0.4 is 15.0 Å². The molecule has 2 aliphatic rings. The zero-order chi connectivity index (χ0) is 18.3. The first-order valence-electron chi connectivity index (χ1n) is 9.20. The van der Waals surface area contributed by atoms with Crippen LogP contribution in [0.1, 0.15) is 28.2 Å². The van der Waals surface area contributed by atoms with Crippen molar-refractivity contribution >= 4 is 0 Å². The SMILES string of the molecule is Cc1cc2c(cc1CN1CCc3nc(C)n(C)c(=O)c3CC1)OCCO2. The maximum atomic E-state index is 12.5. The standard InChI is InChI=1S/C20H25N3O3/c1-13-10-18-19(26-9-8-25-18)11-15(13)12-23-6-4-16-17(5-7-23)21-14(2)22(3)20(16)24/h10-11H,4-9,12H2,1-3H3. The van der Waals surface area contributed by atoms with Crippen molar-refractivity contribution in [3.8, 4) is 11.5 Å². The molecule has 2 aromatic rings. The lowest BCUT2D eigenvalue weighted by atomic mass is 10.1. The molecule has 0 bridgehead atoms. The van der Waals surface area contributed by atoms with Gasteiger partial charge in [0.05, 0.1) is 5.69 Å². The van der Waals surface area contributed by atoms with Crippen molar-refractivity contribution in [2.75, 3.05) is 26.3 Å². The van der Waals surface area contributed by atoms with E-state index in [1.165, 1.54) is 11.1 Å². The zero-order valence-corrected chi connectivity index (χ0v) is 15.7. The number of fused-ring (bicyclic) bond motifs is 2. The molecular formula is C20H25N3O3. The van der Waals surface area contributed by atoms with Gasteiger partial charge in [0, 0.05) is 38.7 Å². The smallest absolute Gasteiger partial charge is 0.256 e. The maximum Gasteiger partial charge on any atom is 0.256 e. The Bertz CT molecular complexity index is 904. The summed E-state index contributed by atoms with van der Waals surface area (Å²) in [5.74, 6) is 2.45. The lowest BCUT2D eigenvalue weighted by Crippen LogP contribution is -2.28. The lowest BCUT2D eigenvalue weighted by Gasteiger charge is -2.24. The van der Waals surface area contributed by atoms with Crippen LogP contribution in [0.25, 0.3) is 0 Å². The molecule has 26 heavy (non-hydrogen) atoms. The Balaban J connectivity index is 1.54. The van der Waals surface area contributed by atoms with Crippen LogP contribution in [0.4, 0.5) is 0 Å². The van der Waals surface area contributed by atoms with Crippen LogP contribution in [0, 0.1) is 13.8 Å². The lowest BCUT2D eigenvalue weighted by molar-refractivity contribution is 0.171. The minimum Gasteiger partial charge on any atom is -0.486 e. The highest BCUT2D eigenvalue weighted by atomic mass is 16.6. The molecule has 0 N–H and O–H groups in total. The number of aryl methyl sites for hydroxylation is 2. The third kappa shape index (κ3) is 3.09. The predicted molar refractivity (Wildman–Crippen MR) is 99.1 cm³/mol. The molecular weight excluding hydrogens is 330 g/mol. The van der Waals surface area contributed by atoms with Gasteiger partial charge in [-0.15, -0.1) is 0 Å². The largest absolute Gasteiger partial charge is 0.486 e. The molecule has 0 unspecified atom stereocenters. The van der Waals surface area contributed by atoms with Crippen molar-refractivity contribution < 1.29 is 9.47 Å². The third-order valence-electron chi connectivity index (χ3n) is 5.43. The summed E-state index contributed by atoms with van der Waals surface area (Å²) >= 11 is 0. The molecule has 0 radical (unpaired) electrons. The van der Waals surface area contributed by atoms with Crippen LogP contribution in [-0.4, -0.2) is 40.8 Å². The van der Waals surface area contributed by atoms with Crippen molar-refractivity contribution in [1.29, 1.82) is 0 Å². The van der Waals surface area contributed by atoms with Crippen LogP contribution in [0.15, 0.2) is 16.9 Å². The molecule has 4 rings (SSSR count). The van der Waals surface area contributed by atoms with Crippen LogP contribution in [0.5, 0.6) is 11.5 Å². The number of hydrogen-bond donors (Lipinski definition) is 0. The van der Waals surface area contributed by atoms with E-state index in [-0.39, 0.29) is 5.56 Å². The Kier molecular flexibility index (Phi) is 4.44. The van der Waals surface area contributed by atoms with Gasteiger partial charge in [0.2, 0.25) is 0 Å². The van der Waals surface area contributed by atoms with Gasteiger partial charge in [0.1, 0.15) is 19.0 Å². The first-order chi connectivity index (χ1) is 12.5. The van der Waals surface area contributed by atoms with Crippen molar-refractivity contribution in [2.24, 2.45) is 7.05 Å². The molecule has 6 heteroatoms. The molecule has 2 aliphatic heterocycles. The fourth-order valence-corrected chi connectivity index (χ4v) is 3.72. The Morgan fingerprint density at radius 2 is 1.77 bits per heavy atom. The molecule has 1 aromatic carbocycles. The summed E-state index contributed by atoms with van der Waals surface area (Å²) in [6.45, 7) is 7.82. The third-order valence-corrected chi connectivity index (χ3v) is 5.43. The molecule has 0 saturated carbocycles. The van der Waals surface area contributed by atoms with Crippen molar-refractivity contribution in [3.63, 3.8) is 0 Å². The van der Waals surface area contributed by atoms with Crippen LogP contribution in [0.3, 0.4) is 0 Å². The number of aromatic nitrogens is 2. The molecule has 0 spiro atoms. The molecule has 138 valence electrons. The minimum atomic E-state index is 0.102. The van der Waals surface area contributed by atoms with Crippen LogP contribution in [0.2, 0.25) is 0 Å². The van der Waals surface area contributed by atoms with Crippen molar-refractivity contribution in [1.82, 2.24) is 14.5 Å². The van der Waals surface area contributed by atoms with E-state index in [9.17, 15) is 4.79 Å². The highest BCUT2D eigenvalue weighted by Crippen LogP contribution is 2.33. The second kappa shape index (κ2) is 6.76. The van der Waals surface area contributed by atoms with Crippen LogP contribution in [-0.2, 0) is 26.4 Å². The zero-order valence-electron chi connectivity index (χ0n) is 15.7. The Morgan fingerprint density at radius 1 is 1.08 bits per heavy atom. The predicted octanol–water partition coefficient (Wildman–Crippen LogP) is 1.77. The molecule has 3 heterocycles. The number of ether oxygens (including phenoxy) is 2. The van der Waals surface area contributed by atoms with E-state index in [4.69, 9.17) is 9.47 Å². The fraction of sp³-hybridized carbons (Fsp3) is 0.500. The van der Waals surface area contributed by atoms with Gasteiger partial charge < -0.3 is 9.47 Å². The van der Waals surface area contributed by atoms with Gasteiger partial charge in [-0.1, -0.05) is 0 Å². The summed E-state index contributed by atoms with van der Waals surface area (Å²) < 4.78 is 13.0. The molecule has 0 aliphatic carbocycles. The molecule has 0 fully saturated rings. The van der Waals surface area contributed by atoms with Gasteiger partial charge in [-0.25, -0.2) is 4.98 Å². The summed E-state index contributed by atoms with van der Waals surface area (Å²) in [5.41, 5.74) is 4.40. The second-order valence-electron chi connectivity index (χ2n) is 7.15. The Labute approximate surface area is 153 Å². The van der Waals surface area contributed by atoms with E-state index in [1.807, 2.05) is 6.92 Å². The number of nitrogens with zero attached hydrogens (tertiary/aromatic N) is 3. The topological polar surface area (TPSA) is 56.6 Å². The molecule has 6 nitrogen and oxygen atoms in total. The van der Waals surface area contributed by atoms with Crippen molar-refractivity contribution in [3.05, 3.63) is 50.7 Å². The fourth-order valence-electron chi connectivity index (χ4n) is 3.72. The average molecular weight is 355 g/mol. The quantitative estimate of drug-likeness (QED) is 0.822. The number of benzene rings is 1. The summed E-state index contributed by atoms with van der Waals surface area (Å²) in [4.78, 5) is 19.6. The van der Waals surface area contributed by atoms with Gasteiger partial charge in [-0.05, 0) is 43.5 Å². The Hall–Kier alpha value is -2.34. The molecule has 1 aromatic heterocycles. The van der Waals surface area contributed by atoms with E-state index in [0.717, 1.165) is 61.1 Å². The van der Waals surface area contributed by atoms with Gasteiger partial charge in [0.25, 0.3) is 5.56 Å². The summed E-state index contributed by atoms with van der Waals surface area (Å²) in [7, 11) is 1.80. The first-order valence-corrected chi connectivity index (χ1v) is 9.20. The highest BCUT2D eigenvalue weighted by Gasteiger charge is 2.21. The summed E-state index contributed by atoms with van der Waals surface area (Å²) in [5, 5.41) is 0. The monoisotopic (exact) mass is 355 g/mol. The average Bonchev–Trinajstić information content (AvgIpc) is 2.83. The molecule has 0 atom stereocenters. The minimum absolute atomic E-state index is 0.102. The summed E-state index contributed by atoms with van der Waals surface area (Å²) in [6, 6.07) is 4.17. The molecule has 0 saturated heterocycles. The van der Waals surface area contributed by atoms with Crippen molar-refractivity contribution in [2.45, 2.75) is 33.2 Å². The van der Waals surface area contributed by atoms with Gasteiger partial charge in [-0.2, -0.15) is 0 Å². The van der Waals surface area contributed by atoms with E-state index < -0.39 is 0 Å². The summed E-state index contributed by atoms with van der Waals surface area (Å²) in [6.07, 6.45) is 1.56. The number of hydrogen-bond acceptors (Lipinski definition) is 5.